The van der Waals surface area contributed by atoms with Gasteiger partial charge in [0.15, 0.2) is 5.75 Å². The number of ether oxygens (including phenoxy) is 1. The molecule has 4 N–H and O–H groups in total. The fraction of sp³-hybridized carbons (Fsp3) is 0.515. The minimum Gasteiger partial charge on any atom is -0.478 e. The van der Waals surface area contributed by atoms with Gasteiger partial charge in [-0.15, -0.1) is 0 Å². The molecule has 1 aliphatic rings. The SMILES string of the molecule is CCCCCCCCCCCC1SC1CCCCC(=O)Nc1cc(C(=O)O)ccc1Oc1cc(C(=O)O)cc(C(=O)O)c1. The van der Waals surface area contributed by atoms with Crippen LogP contribution in [0.2, 0.25) is 0 Å². The minimum atomic E-state index is -1.33. The number of hydrogen-bond acceptors (Lipinski definition) is 6. The minimum absolute atomic E-state index is 0.0611. The van der Waals surface area contributed by atoms with Gasteiger partial charge < -0.3 is 25.4 Å². The molecule has 1 fully saturated rings. The predicted molar refractivity (Wildman–Crippen MR) is 168 cm³/mol. The zero-order valence-corrected chi connectivity index (χ0v) is 25.6. The summed E-state index contributed by atoms with van der Waals surface area (Å²) in [5.74, 6) is -4.17. The molecule has 0 bridgehead atoms. The van der Waals surface area contributed by atoms with Gasteiger partial charge in [-0.3, -0.25) is 4.79 Å². The van der Waals surface area contributed by atoms with Gasteiger partial charge >= 0.3 is 17.9 Å². The molecule has 0 saturated carbocycles. The van der Waals surface area contributed by atoms with Crippen molar-refractivity contribution in [2.45, 2.75) is 107 Å². The number of nitrogens with one attached hydrogen (secondary N) is 1. The van der Waals surface area contributed by atoms with Crippen LogP contribution in [-0.4, -0.2) is 49.6 Å². The van der Waals surface area contributed by atoms with Crippen LogP contribution in [0.25, 0.3) is 0 Å². The molecule has 0 radical (unpaired) electrons. The first-order valence-corrected chi connectivity index (χ1v) is 16.2. The van der Waals surface area contributed by atoms with Gasteiger partial charge in [0.2, 0.25) is 5.91 Å². The van der Waals surface area contributed by atoms with Crippen LogP contribution in [0.5, 0.6) is 11.5 Å². The summed E-state index contributed by atoms with van der Waals surface area (Å²) in [4.78, 5) is 47.2. The average Bonchev–Trinajstić information content (AvgIpc) is 3.73. The number of carbonyl (C=O) groups excluding carboxylic acids is 1. The Kier molecular flexibility index (Phi) is 13.9. The van der Waals surface area contributed by atoms with E-state index in [-0.39, 0.29) is 46.2 Å². The molecule has 1 amide bonds. The molecule has 43 heavy (non-hydrogen) atoms. The molecule has 1 heterocycles. The van der Waals surface area contributed by atoms with Crippen molar-refractivity contribution >= 4 is 41.3 Å². The molecular weight excluding hydrogens is 570 g/mol. The van der Waals surface area contributed by atoms with E-state index in [4.69, 9.17) is 4.74 Å². The fourth-order valence-corrected chi connectivity index (χ4v) is 6.30. The molecule has 1 aliphatic heterocycles. The maximum atomic E-state index is 12.7. The van der Waals surface area contributed by atoms with Crippen molar-refractivity contribution in [3.63, 3.8) is 0 Å². The van der Waals surface area contributed by atoms with Crippen LogP contribution in [0, 0.1) is 0 Å². The van der Waals surface area contributed by atoms with E-state index in [1.807, 2.05) is 11.8 Å². The number of unbranched alkanes of at least 4 members (excludes halogenated alkanes) is 9. The summed E-state index contributed by atoms with van der Waals surface area (Å²) in [7, 11) is 0. The van der Waals surface area contributed by atoms with E-state index in [1.54, 1.807) is 0 Å². The van der Waals surface area contributed by atoms with E-state index in [1.165, 1.54) is 82.4 Å². The number of benzene rings is 2. The second-order valence-electron chi connectivity index (χ2n) is 11.1. The molecule has 2 aromatic rings. The summed E-state index contributed by atoms with van der Waals surface area (Å²) in [6.45, 7) is 2.25. The molecule has 3 rings (SSSR count). The van der Waals surface area contributed by atoms with Crippen LogP contribution in [0.1, 0.15) is 128 Å². The van der Waals surface area contributed by atoms with Gasteiger partial charge in [-0.05, 0) is 55.7 Å². The van der Waals surface area contributed by atoms with Gasteiger partial charge in [0.25, 0.3) is 0 Å². The Bertz CT molecular complexity index is 1230. The number of rotatable bonds is 21. The molecule has 0 spiro atoms. The highest BCUT2D eigenvalue weighted by molar-refractivity contribution is 8.07. The topological polar surface area (TPSA) is 150 Å². The second-order valence-corrected chi connectivity index (χ2v) is 12.6. The Morgan fingerprint density at radius 3 is 1.79 bits per heavy atom. The zero-order valence-electron chi connectivity index (χ0n) is 24.8. The van der Waals surface area contributed by atoms with E-state index in [0.29, 0.717) is 11.7 Å². The van der Waals surface area contributed by atoms with Crippen LogP contribution in [0.15, 0.2) is 36.4 Å². The summed E-state index contributed by atoms with van der Waals surface area (Å²) in [5, 5.41) is 32.2. The number of carbonyl (C=O) groups is 4. The third-order valence-corrected chi connectivity index (χ3v) is 9.06. The van der Waals surface area contributed by atoms with Crippen molar-refractivity contribution in [3.8, 4) is 11.5 Å². The number of aromatic carboxylic acids is 3. The maximum Gasteiger partial charge on any atom is 0.335 e. The number of hydrogen-bond donors (Lipinski definition) is 4. The molecule has 2 unspecified atom stereocenters. The average molecular weight is 614 g/mol. The number of amides is 1. The molecule has 0 aliphatic carbocycles. The fourth-order valence-electron chi connectivity index (χ4n) is 5.07. The van der Waals surface area contributed by atoms with Gasteiger partial charge in [-0.25, -0.2) is 14.4 Å². The van der Waals surface area contributed by atoms with Gasteiger partial charge in [0.05, 0.1) is 22.4 Å². The van der Waals surface area contributed by atoms with Crippen LogP contribution >= 0.6 is 11.8 Å². The van der Waals surface area contributed by atoms with E-state index in [2.05, 4.69) is 12.2 Å². The Labute approximate surface area is 257 Å². The van der Waals surface area contributed by atoms with Crippen molar-refractivity contribution < 1.29 is 39.2 Å². The number of carboxylic acid groups (broad SMARTS) is 3. The third-order valence-electron chi connectivity index (χ3n) is 7.55. The molecule has 10 heteroatoms. The third kappa shape index (κ3) is 11.9. The Hall–Kier alpha value is -3.53. The van der Waals surface area contributed by atoms with E-state index in [0.717, 1.165) is 36.3 Å². The molecule has 2 atom stereocenters. The molecule has 2 aromatic carbocycles. The van der Waals surface area contributed by atoms with Crippen molar-refractivity contribution in [1.82, 2.24) is 0 Å². The van der Waals surface area contributed by atoms with Gasteiger partial charge in [-0.2, -0.15) is 11.8 Å². The first-order valence-electron chi connectivity index (χ1n) is 15.3. The lowest BCUT2D eigenvalue weighted by Crippen LogP contribution is -2.13. The summed E-state index contributed by atoms with van der Waals surface area (Å²) >= 11 is 2.04. The zero-order chi connectivity index (χ0) is 31.2. The normalized spacial score (nSPS) is 15.6. The van der Waals surface area contributed by atoms with Crippen molar-refractivity contribution in [3.05, 3.63) is 53.1 Å². The van der Waals surface area contributed by atoms with E-state index < -0.39 is 17.9 Å². The molecule has 234 valence electrons. The number of anilines is 1. The summed E-state index contributed by atoms with van der Waals surface area (Å²) in [6, 6.07) is 7.20. The van der Waals surface area contributed by atoms with Crippen LogP contribution in [0.4, 0.5) is 5.69 Å². The van der Waals surface area contributed by atoms with Crippen LogP contribution in [0.3, 0.4) is 0 Å². The lowest BCUT2D eigenvalue weighted by molar-refractivity contribution is -0.116. The van der Waals surface area contributed by atoms with E-state index >= 15 is 0 Å². The maximum absolute atomic E-state index is 12.7. The first-order chi connectivity index (χ1) is 20.7. The Balaban J connectivity index is 1.43. The highest BCUT2D eigenvalue weighted by atomic mass is 32.2. The van der Waals surface area contributed by atoms with Crippen molar-refractivity contribution in [2.24, 2.45) is 0 Å². The predicted octanol–water partition coefficient (Wildman–Crippen LogP) is 8.48. The van der Waals surface area contributed by atoms with Gasteiger partial charge in [0.1, 0.15) is 5.75 Å². The highest BCUT2D eigenvalue weighted by Gasteiger charge is 2.36. The van der Waals surface area contributed by atoms with Crippen molar-refractivity contribution in [1.29, 1.82) is 0 Å². The molecule has 1 saturated heterocycles. The monoisotopic (exact) mass is 613 g/mol. The van der Waals surface area contributed by atoms with Crippen LogP contribution < -0.4 is 10.1 Å². The Morgan fingerprint density at radius 2 is 1.23 bits per heavy atom. The highest BCUT2D eigenvalue weighted by Crippen LogP contribution is 2.47. The van der Waals surface area contributed by atoms with Crippen molar-refractivity contribution in [2.75, 3.05) is 5.32 Å². The van der Waals surface area contributed by atoms with Gasteiger partial charge in [0, 0.05) is 16.9 Å². The lowest BCUT2D eigenvalue weighted by Gasteiger charge is -2.14. The Morgan fingerprint density at radius 1 is 0.698 bits per heavy atom. The quantitative estimate of drug-likeness (QED) is 0.0802. The second kappa shape index (κ2) is 17.6. The van der Waals surface area contributed by atoms with Gasteiger partial charge in [-0.1, -0.05) is 71.1 Å². The lowest BCUT2D eigenvalue weighted by atomic mass is 10.0. The summed E-state index contributed by atoms with van der Waals surface area (Å²) in [5.41, 5.74) is -0.544. The largest absolute Gasteiger partial charge is 0.478 e. The smallest absolute Gasteiger partial charge is 0.335 e. The first kappa shape index (κ1) is 34.0. The molecule has 0 aromatic heterocycles. The molecule has 9 nitrogen and oxygen atoms in total. The number of carboxylic acids is 3. The molecular formula is C33H43NO8S. The summed E-state index contributed by atoms with van der Waals surface area (Å²) < 4.78 is 5.74. The van der Waals surface area contributed by atoms with Crippen LogP contribution in [-0.2, 0) is 4.79 Å². The standard InChI is InChI=1S/C33H43NO8S/c1-2-3-4-5-6-7-8-9-10-13-28-29(43-28)14-11-12-15-30(35)34-26-21-22(31(36)37)16-17-27(26)42-25-19-23(32(38)39)18-24(20-25)33(40)41/h16-21,28-29H,2-15H2,1H3,(H,34,35)(H,36,37)(H,38,39)(H,40,41). The summed E-state index contributed by atoms with van der Waals surface area (Å²) in [6.07, 6.45) is 16.3. The number of thioether (sulfide) groups is 1. The van der Waals surface area contributed by atoms with E-state index in [9.17, 15) is 34.5 Å².